The van der Waals surface area contributed by atoms with E-state index in [1.54, 1.807) is 0 Å². The van der Waals surface area contributed by atoms with Gasteiger partial charge in [0, 0.05) is 0 Å². The summed E-state index contributed by atoms with van der Waals surface area (Å²) in [6.07, 6.45) is 8.12. The summed E-state index contributed by atoms with van der Waals surface area (Å²) in [5.41, 5.74) is 1.34. The van der Waals surface area contributed by atoms with Gasteiger partial charge in [0.15, 0.2) is 0 Å². The molecule has 1 aliphatic heterocycles. The second-order valence-corrected chi connectivity index (χ2v) is 6.06. The van der Waals surface area contributed by atoms with E-state index in [2.05, 4.69) is 18.2 Å². The quantitative estimate of drug-likeness (QED) is 0.890. The highest BCUT2D eigenvalue weighted by atomic mass is 16.5. The van der Waals surface area contributed by atoms with Crippen molar-refractivity contribution in [2.45, 2.75) is 57.0 Å². The average molecular weight is 260 g/mol. The van der Waals surface area contributed by atoms with Crippen LogP contribution in [0.3, 0.4) is 0 Å². The SMILES string of the molecule is OC(CCC1CCOc2ccccc21)C1CCCC1. The molecule has 1 N–H and O–H groups in total. The van der Waals surface area contributed by atoms with E-state index in [1.807, 2.05) is 6.07 Å². The van der Waals surface area contributed by atoms with Crippen molar-refractivity contribution >= 4 is 0 Å². The summed E-state index contributed by atoms with van der Waals surface area (Å²) in [7, 11) is 0. The molecule has 104 valence electrons. The van der Waals surface area contributed by atoms with Crippen LogP contribution in [0.1, 0.15) is 56.4 Å². The maximum atomic E-state index is 10.3. The highest BCUT2D eigenvalue weighted by molar-refractivity contribution is 5.37. The molecule has 2 nitrogen and oxygen atoms in total. The molecule has 1 aromatic carbocycles. The molecular formula is C17H24O2. The molecule has 1 heterocycles. The van der Waals surface area contributed by atoms with Crippen LogP contribution in [0.4, 0.5) is 0 Å². The predicted molar refractivity (Wildman–Crippen MR) is 76.5 cm³/mol. The number of hydrogen-bond acceptors (Lipinski definition) is 2. The normalized spacial score (nSPS) is 24.8. The van der Waals surface area contributed by atoms with Gasteiger partial charge in [-0.2, -0.15) is 0 Å². The van der Waals surface area contributed by atoms with Crippen molar-refractivity contribution in [3.63, 3.8) is 0 Å². The molecule has 0 bridgehead atoms. The van der Waals surface area contributed by atoms with Gasteiger partial charge in [0.2, 0.25) is 0 Å². The van der Waals surface area contributed by atoms with Gasteiger partial charge in [-0.15, -0.1) is 0 Å². The average Bonchev–Trinajstić information content (AvgIpc) is 2.99. The van der Waals surface area contributed by atoms with Gasteiger partial charge in [-0.3, -0.25) is 0 Å². The predicted octanol–water partition coefficient (Wildman–Crippen LogP) is 3.88. The maximum absolute atomic E-state index is 10.3. The van der Waals surface area contributed by atoms with Crippen LogP contribution in [-0.2, 0) is 0 Å². The van der Waals surface area contributed by atoms with Crippen LogP contribution in [-0.4, -0.2) is 17.8 Å². The van der Waals surface area contributed by atoms with Crippen LogP contribution >= 0.6 is 0 Å². The van der Waals surface area contributed by atoms with Gasteiger partial charge in [-0.25, -0.2) is 0 Å². The van der Waals surface area contributed by atoms with Crippen LogP contribution in [0, 0.1) is 5.92 Å². The Balaban J connectivity index is 1.58. The van der Waals surface area contributed by atoms with Crippen molar-refractivity contribution in [1.82, 2.24) is 0 Å². The fourth-order valence-corrected chi connectivity index (χ4v) is 3.67. The first-order valence-electron chi connectivity index (χ1n) is 7.74. The van der Waals surface area contributed by atoms with Crippen LogP contribution in [0.25, 0.3) is 0 Å². The van der Waals surface area contributed by atoms with Crippen molar-refractivity contribution in [3.05, 3.63) is 29.8 Å². The minimum Gasteiger partial charge on any atom is -0.493 e. The monoisotopic (exact) mass is 260 g/mol. The molecule has 2 aliphatic rings. The molecule has 1 aliphatic carbocycles. The van der Waals surface area contributed by atoms with Gasteiger partial charge in [0.05, 0.1) is 12.7 Å². The second kappa shape index (κ2) is 5.96. The first-order valence-corrected chi connectivity index (χ1v) is 7.74. The second-order valence-electron chi connectivity index (χ2n) is 6.06. The Bertz CT molecular complexity index is 409. The van der Waals surface area contributed by atoms with Gasteiger partial charge in [-0.05, 0) is 55.6 Å². The Kier molecular flexibility index (Phi) is 4.07. The van der Waals surface area contributed by atoms with E-state index in [-0.39, 0.29) is 6.10 Å². The van der Waals surface area contributed by atoms with E-state index in [0.717, 1.165) is 31.6 Å². The fraction of sp³-hybridized carbons (Fsp3) is 0.647. The molecular weight excluding hydrogens is 236 g/mol. The summed E-state index contributed by atoms with van der Waals surface area (Å²) in [6, 6.07) is 8.37. The smallest absolute Gasteiger partial charge is 0.122 e. The van der Waals surface area contributed by atoms with Crippen molar-refractivity contribution in [2.24, 2.45) is 5.92 Å². The minimum absolute atomic E-state index is 0.0856. The molecule has 0 radical (unpaired) electrons. The van der Waals surface area contributed by atoms with Crippen molar-refractivity contribution in [1.29, 1.82) is 0 Å². The zero-order valence-corrected chi connectivity index (χ0v) is 11.6. The standard InChI is InChI=1S/C17H24O2/c18-16(14-5-1-2-6-14)10-9-13-11-12-19-17-8-4-3-7-15(13)17/h3-4,7-8,13-14,16,18H,1-2,5-6,9-12H2. The highest BCUT2D eigenvalue weighted by Gasteiger charge is 2.26. The van der Waals surface area contributed by atoms with Gasteiger partial charge in [-0.1, -0.05) is 31.0 Å². The molecule has 1 aromatic rings. The molecule has 0 amide bonds. The van der Waals surface area contributed by atoms with E-state index in [4.69, 9.17) is 4.74 Å². The Morgan fingerprint density at radius 2 is 1.95 bits per heavy atom. The zero-order chi connectivity index (χ0) is 13.1. The Morgan fingerprint density at radius 3 is 2.79 bits per heavy atom. The molecule has 0 aromatic heterocycles. The highest BCUT2D eigenvalue weighted by Crippen LogP contribution is 2.38. The number of rotatable bonds is 4. The molecule has 2 heteroatoms. The van der Waals surface area contributed by atoms with Crippen LogP contribution in [0.5, 0.6) is 5.75 Å². The number of aliphatic hydroxyl groups is 1. The van der Waals surface area contributed by atoms with E-state index < -0.39 is 0 Å². The van der Waals surface area contributed by atoms with Crippen LogP contribution < -0.4 is 4.74 Å². The minimum atomic E-state index is -0.0856. The summed E-state index contributed by atoms with van der Waals surface area (Å²) in [4.78, 5) is 0. The molecule has 1 fully saturated rings. The lowest BCUT2D eigenvalue weighted by atomic mass is 9.86. The van der Waals surface area contributed by atoms with Gasteiger partial charge in [0.25, 0.3) is 0 Å². The molecule has 3 rings (SSSR count). The number of benzene rings is 1. The van der Waals surface area contributed by atoms with E-state index >= 15 is 0 Å². The molecule has 1 saturated carbocycles. The largest absolute Gasteiger partial charge is 0.493 e. The molecule has 19 heavy (non-hydrogen) atoms. The Hall–Kier alpha value is -1.02. The number of ether oxygens (including phenoxy) is 1. The van der Waals surface area contributed by atoms with Gasteiger partial charge >= 0.3 is 0 Å². The molecule has 0 saturated heterocycles. The van der Waals surface area contributed by atoms with E-state index in [1.165, 1.54) is 31.2 Å². The van der Waals surface area contributed by atoms with Crippen LogP contribution in [0.15, 0.2) is 24.3 Å². The zero-order valence-electron chi connectivity index (χ0n) is 11.6. The molecule has 2 atom stereocenters. The molecule has 2 unspecified atom stereocenters. The lowest BCUT2D eigenvalue weighted by molar-refractivity contribution is 0.0955. The molecule has 0 spiro atoms. The van der Waals surface area contributed by atoms with Gasteiger partial charge < -0.3 is 9.84 Å². The summed E-state index contributed by atoms with van der Waals surface area (Å²) in [5, 5.41) is 10.3. The number of fused-ring (bicyclic) bond motifs is 1. The summed E-state index contributed by atoms with van der Waals surface area (Å²) in [5.74, 6) is 2.19. The Morgan fingerprint density at radius 1 is 1.16 bits per heavy atom. The third kappa shape index (κ3) is 2.94. The third-order valence-corrected chi connectivity index (χ3v) is 4.84. The van der Waals surface area contributed by atoms with Crippen molar-refractivity contribution in [2.75, 3.05) is 6.61 Å². The lowest BCUT2D eigenvalue weighted by Crippen LogP contribution is -2.20. The van der Waals surface area contributed by atoms with Crippen molar-refractivity contribution in [3.8, 4) is 5.75 Å². The van der Waals surface area contributed by atoms with Crippen LogP contribution in [0.2, 0.25) is 0 Å². The summed E-state index contributed by atoms with van der Waals surface area (Å²) >= 11 is 0. The van der Waals surface area contributed by atoms with E-state index in [0.29, 0.717) is 11.8 Å². The van der Waals surface area contributed by atoms with Gasteiger partial charge in [0.1, 0.15) is 5.75 Å². The number of para-hydroxylation sites is 1. The first-order chi connectivity index (χ1) is 9.34. The fourth-order valence-electron chi connectivity index (χ4n) is 3.67. The van der Waals surface area contributed by atoms with E-state index in [9.17, 15) is 5.11 Å². The first kappa shape index (κ1) is 13.0. The maximum Gasteiger partial charge on any atom is 0.122 e. The Labute approximate surface area is 115 Å². The number of aliphatic hydroxyl groups excluding tert-OH is 1. The number of hydrogen-bond donors (Lipinski definition) is 1. The lowest BCUT2D eigenvalue weighted by Gasteiger charge is -2.27. The third-order valence-electron chi connectivity index (χ3n) is 4.84. The van der Waals surface area contributed by atoms with Crippen molar-refractivity contribution < 1.29 is 9.84 Å². The summed E-state index contributed by atoms with van der Waals surface area (Å²) in [6.45, 7) is 0.821. The summed E-state index contributed by atoms with van der Waals surface area (Å²) < 4.78 is 5.70. The topological polar surface area (TPSA) is 29.5 Å².